The third kappa shape index (κ3) is 3.95. The molecule has 0 aromatic heterocycles. The SMILES string of the molecule is CC#CCCC(=O)c1cc(Cl)cc(Cl)c1. The lowest BCUT2D eigenvalue weighted by Gasteiger charge is -2.00. The Balaban J connectivity index is 2.76. The molecule has 1 nitrogen and oxygen atoms in total. The van der Waals surface area contributed by atoms with Gasteiger partial charge in [0.05, 0.1) is 0 Å². The van der Waals surface area contributed by atoms with Crippen molar-refractivity contribution in [2.45, 2.75) is 19.8 Å². The Morgan fingerprint density at radius 1 is 1.27 bits per heavy atom. The van der Waals surface area contributed by atoms with Gasteiger partial charge in [-0.3, -0.25) is 4.79 Å². The summed E-state index contributed by atoms with van der Waals surface area (Å²) >= 11 is 11.6. The minimum Gasteiger partial charge on any atom is -0.294 e. The fourth-order valence-corrected chi connectivity index (χ4v) is 1.69. The van der Waals surface area contributed by atoms with E-state index < -0.39 is 0 Å². The average Bonchev–Trinajstić information content (AvgIpc) is 2.16. The van der Waals surface area contributed by atoms with Crippen LogP contribution in [0.2, 0.25) is 10.0 Å². The third-order valence-electron chi connectivity index (χ3n) is 1.84. The highest BCUT2D eigenvalue weighted by Crippen LogP contribution is 2.20. The van der Waals surface area contributed by atoms with Crippen molar-refractivity contribution in [1.82, 2.24) is 0 Å². The zero-order valence-electron chi connectivity index (χ0n) is 8.31. The molecule has 1 rings (SSSR count). The average molecular weight is 241 g/mol. The summed E-state index contributed by atoms with van der Waals surface area (Å²) in [6, 6.07) is 4.84. The van der Waals surface area contributed by atoms with E-state index >= 15 is 0 Å². The number of benzene rings is 1. The maximum absolute atomic E-state index is 11.6. The highest BCUT2D eigenvalue weighted by molar-refractivity contribution is 6.35. The molecule has 15 heavy (non-hydrogen) atoms. The fraction of sp³-hybridized carbons (Fsp3) is 0.250. The van der Waals surface area contributed by atoms with E-state index in [2.05, 4.69) is 11.8 Å². The Labute approximate surface area is 99.4 Å². The van der Waals surface area contributed by atoms with Crippen molar-refractivity contribution < 1.29 is 4.79 Å². The van der Waals surface area contributed by atoms with Gasteiger partial charge in [-0.1, -0.05) is 23.2 Å². The molecule has 0 spiro atoms. The molecule has 1 aromatic rings. The summed E-state index contributed by atoms with van der Waals surface area (Å²) in [5.74, 6) is 5.60. The van der Waals surface area contributed by atoms with Crippen LogP contribution in [0.3, 0.4) is 0 Å². The van der Waals surface area contributed by atoms with E-state index in [9.17, 15) is 4.79 Å². The molecule has 0 atom stereocenters. The second-order valence-electron chi connectivity index (χ2n) is 3.01. The molecular weight excluding hydrogens is 231 g/mol. The summed E-state index contributed by atoms with van der Waals surface area (Å²) in [7, 11) is 0. The van der Waals surface area contributed by atoms with Crippen molar-refractivity contribution in [2.24, 2.45) is 0 Å². The molecule has 0 N–H and O–H groups in total. The molecule has 0 amide bonds. The largest absolute Gasteiger partial charge is 0.294 e. The van der Waals surface area contributed by atoms with Crippen LogP contribution in [0.15, 0.2) is 18.2 Å². The quantitative estimate of drug-likeness (QED) is 0.577. The molecule has 0 bridgehead atoms. The molecule has 0 unspecified atom stereocenters. The first kappa shape index (κ1) is 12.1. The molecule has 0 aliphatic rings. The van der Waals surface area contributed by atoms with Gasteiger partial charge in [-0.25, -0.2) is 0 Å². The molecule has 0 radical (unpaired) electrons. The fourth-order valence-electron chi connectivity index (χ4n) is 1.16. The maximum atomic E-state index is 11.6. The van der Waals surface area contributed by atoms with Gasteiger partial charge in [0.25, 0.3) is 0 Å². The summed E-state index contributed by atoms with van der Waals surface area (Å²) in [4.78, 5) is 11.6. The Kier molecular flexibility index (Phi) is 4.68. The number of carbonyl (C=O) groups excluding carboxylic acids is 1. The van der Waals surface area contributed by atoms with Gasteiger partial charge in [0.1, 0.15) is 0 Å². The topological polar surface area (TPSA) is 17.1 Å². The van der Waals surface area contributed by atoms with Crippen LogP contribution in [0.4, 0.5) is 0 Å². The van der Waals surface area contributed by atoms with Gasteiger partial charge in [-0.15, -0.1) is 11.8 Å². The van der Waals surface area contributed by atoms with Crippen LogP contribution in [-0.2, 0) is 0 Å². The van der Waals surface area contributed by atoms with Gasteiger partial charge in [-0.05, 0) is 25.1 Å². The van der Waals surface area contributed by atoms with E-state index in [4.69, 9.17) is 23.2 Å². The summed E-state index contributed by atoms with van der Waals surface area (Å²) in [6.45, 7) is 1.75. The zero-order chi connectivity index (χ0) is 11.3. The van der Waals surface area contributed by atoms with Gasteiger partial charge in [-0.2, -0.15) is 0 Å². The van der Waals surface area contributed by atoms with Gasteiger partial charge in [0.15, 0.2) is 5.78 Å². The maximum Gasteiger partial charge on any atom is 0.163 e. The van der Waals surface area contributed by atoms with E-state index in [0.717, 1.165) is 0 Å². The van der Waals surface area contributed by atoms with Crippen molar-refractivity contribution in [2.75, 3.05) is 0 Å². The number of rotatable bonds is 3. The first-order valence-electron chi connectivity index (χ1n) is 4.52. The number of carbonyl (C=O) groups is 1. The van der Waals surface area contributed by atoms with Gasteiger partial charge < -0.3 is 0 Å². The first-order valence-corrected chi connectivity index (χ1v) is 5.28. The van der Waals surface area contributed by atoms with Crippen molar-refractivity contribution >= 4 is 29.0 Å². The Morgan fingerprint density at radius 3 is 2.40 bits per heavy atom. The van der Waals surface area contributed by atoms with Crippen molar-refractivity contribution in [3.8, 4) is 11.8 Å². The number of halogens is 2. The lowest BCUT2D eigenvalue weighted by atomic mass is 10.1. The molecule has 0 saturated carbocycles. The van der Waals surface area contributed by atoms with E-state index in [1.807, 2.05) is 0 Å². The van der Waals surface area contributed by atoms with Crippen LogP contribution in [0.5, 0.6) is 0 Å². The predicted molar refractivity (Wildman–Crippen MR) is 63.5 cm³/mol. The summed E-state index contributed by atoms with van der Waals surface area (Å²) in [5.41, 5.74) is 0.547. The van der Waals surface area contributed by atoms with Gasteiger partial charge in [0.2, 0.25) is 0 Å². The van der Waals surface area contributed by atoms with Crippen LogP contribution in [0.1, 0.15) is 30.1 Å². The van der Waals surface area contributed by atoms with E-state index in [-0.39, 0.29) is 5.78 Å². The minimum atomic E-state index is 0.0159. The molecule has 0 heterocycles. The van der Waals surface area contributed by atoms with E-state index in [1.165, 1.54) is 0 Å². The lowest BCUT2D eigenvalue weighted by molar-refractivity contribution is 0.0984. The molecule has 0 aliphatic heterocycles. The van der Waals surface area contributed by atoms with Crippen LogP contribution in [-0.4, -0.2) is 5.78 Å². The third-order valence-corrected chi connectivity index (χ3v) is 2.27. The monoisotopic (exact) mass is 240 g/mol. The molecule has 78 valence electrons. The van der Waals surface area contributed by atoms with Gasteiger partial charge in [0, 0.05) is 28.5 Å². The minimum absolute atomic E-state index is 0.0159. The molecule has 0 fully saturated rings. The summed E-state index contributed by atoms with van der Waals surface area (Å²) in [5, 5.41) is 0.958. The molecule has 1 aromatic carbocycles. The highest BCUT2D eigenvalue weighted by atomic mass is 35.5. The molecule has 0 aliphatic carbocycles. The Hall–Kier alpha value is -0.970. The second-order valence-corrected chi connectivity index (χ2v) is 3.88. The van der Waals surface area contributed by atoms with Crippen LogP contribution in [0.25, 0.3) is 0 Å². The summed E-state index contributed by atoms with van der Waals surface area (Å²) in [6.07, 6.45) is 0.969. The smallest absolute Gasteiger partial charge is 0.163 e. The standard InChI is InChI=1S/C12H10Cl2O/c1-2-3-4-5-12(15)9-6-10(13)8-11(14)7-9/h6-8H,4-5H2,1H3. The van der Waals surface area contributed by atoms with Crippen molar-refractivity contribution in [1.29, 1.82) is 0 Å². The molecule has 3 heteroatoms. The van der Waals surface area contributed by atoms with Crippen LogP contribution in [0, 0.1) is 11.8 Å². The normalized spacial score (nSPS) is 9.27. The van der Waals surface area contributed by atoms with Crippen molar-refractivity contribution in [3.05, 3.63) is 33.8 Å². The van der Waals surface area contributed by atoms with Crippen molar-refractivity contribution in [3.63, 3.8) is 0 Å². The van der Waals surface area contributed by atoms with E-state index in [1.54, 1.807) is 25.1 Å². The number of hydrogen-bond acceptors (Lipinski definition) is 1. The van der Waals surface area contributed by atoms with Crippen LogP contribution >= 0.6 is 23.2 Å². The number of ketones is 1. The zero-order valence-corrected chi connectivity index (χ0v) is 9.82. The van der Waals surface area contributed by atoms with E-state index in [0.29, 0.717) is 28.5 Å². The number of hydrogen-bond donors (Lipinski definition) is 0. The first-order chi connectivity index (χ1) is 7.13. The number of Topliss-reactive ketones (excluding diaryl/α,β-unsaturated/α-hetero) is 1. The molecule has 0 saturated heterocycles. The van der Waals surface area contributed by atoms with Gasteiger partial charge >= 0.3 is 0 Å². The molecular formula is C12H10Cl2O. The lowest BCUT2D eigenvalue weighted by Crippen LogP contribution is -1.98. The second kappa shape index (κ2) is 5.80. The predicted octanol–water partition coefficient (Wildman–Crippen LogP) is 3.98. The van der Waals surface area contributed by atoms with Crippen LogP contribution < -0.4 is 0 Å². The Morgan fingerprint density at radius 2 is 1.87 bits per heavy atom. The Bertz CT molecular complexity index is 407. The summed E-state index contributed by atoms with van der Waals surface area (Å²) < 4.78 is 0. The highest BCUT2D eigenvalue weighted by Gasteiger charge is 2.06.